The summed E-state index contributed by atoms with van der Waals surface area (Å²) in [5.74, 6) is -0.00686. The predicted molar refractivity (Wildman–Crippen MR) is 135 cm³/mol. The number of benzene rings is 2. The van der Waals surface area contributed by atoms with Crippen LogP contribution in [0.5, 0.6) is 11.5 Å². The summed E-state index contributed by atoms with van der Waals surface area (Å²) in [6.45, 7) is 2.14. The maximum atomic E-state index is 13.1. The number of nitrogens with one attached hydrogen (secondary N) is 3. The summed E-state index contributed by atoms with van der Waals surface area (Å²) in [5.41, 5.74) is 8.63. The van der Waals surface area contributed by atoms with Crippen molar-refractivity contribution in [1.29, 1.82) is 5.41 Å². The topological polar surface area (TPSA) is 183 Å². The summed E-state index contributed by atoms with van der Waals surface area (Å²) in [6, 6.07) is 13.0. The van der Waals surface area contributed by atoms with Crippen LogP contribution in [0.25, 0.3) is 0 Å². The van der Waals surface area contributed by atoms with E-state index in [4.69, 9.17) is 24.9 Å². The van der Waals surface area contributed by atoms with E-state index in [1.807, 2.05) is 0 Å². The third kappa shape index (κ3) is 8.42. The fourth-order valence-corrected chi connectivity index (χ4v) is 5.84. The van der Waals surface area contributed by atoms with Crippen molar-refractivity contribution in [2.45, 2.75) is 29.7 Å². The lowest BCUT2D eigenvalue weighted by molar-refractivity contribution is 0.0733. The molecule has 0 aliphatic carbocycles. The van der Waals surface area contributed by atoms with Gasteiger partial charge in [0.05, 0.1) is 13.2 Å². The highest BCUT2D eigenvalue weighted by Crippen LogP contribution is 2.28. The van der Waals surface area contributed by atoms with Crippen LogP contribution >= 0.6 is 0 Å². The summed E-state index contributed by atoms with van der Waals surface area (Å²) < 4.78 is 65.5. The van der Waals surface area contributed by atoms with Crippen LogP contribution in [0.1, 0.15) is 17.5 Å². The van der Waals surface area contributed by atoms with E-state index in [1.165, 1.54) is 48.8 Å². The van der Waals surface area contributed by atoms with Gasteiger partial charge in [-0.25, -0.2) is 18.6 Å². The largest absolute Gasteiger partial charge is 0.493 e. The number of aryl methyl sites for hydroxylation is 1. The molecule has 2 aromatic carbocycles. The molecule has 1 heterocycles. The summed E-state index contributed by atoms with van der Waals surface area (Å²) in [4.78, 5) is 7.87. The normalized spacial score (nSPS) is 11.6. The second kappa shape index (κ2) is 12.5. The molecule has 12 nitrogen and oxygen atoms in total. The van der Waals surface area contributed by atoms with Gasteiger partial charge >= 0.3 is 10.1 Å². The van der Waals surface area contributed by atoms with Crippen LogP contribution in [0.3, 0.4) is 0 Å². The zero-order valence-electron chi connectivity index (χ0n) is 19.9. The van der Waals surface area contributed by atoms with Gasteiger partial charge in [0.2, 0.25) is 16.0 Å². The number of aromatic nitrogens is 1. The summed E-state index contributed by atoms with van der Waals surface area (Å²) in [5, 5.41) is 7.00. The molecule has 0 bridgehead atoms. The molecular formula is C23H27N5O7S2. The van der Waals surface area contributed by atoms with Gasteiger partial charge in [0, 0.05) is 31.4 Å². The SMILES string of the molecule is Cc1cc(OCCCONC(=N)N)cc(OS(=O)(=O)c2ccccc2S(=O)(=O)NCc2ccncc2)c1. The van der Waals surface area contributed by atoms with Gasteiger partial charge in [-0.3, -0.25) is 15.2 Å². The van der Waals surface area contributed by atoms with Crippen LogP contribution in [-0.2, 0) is 31.5 Å². The first-order valence-electron chi connectivity index (χ1n) is 11.0. The minimum Gasteiger partial charge on any atom is -0.493 e. The highest BCUT2D eigenvalue weighted by atomic mass is 32.2. The molecule has 0 spiro atoms. The number of hydrogen-bond donors (Lipinski definition) is 4. The van der Waals surface area contributed by atoms with Gasteiger partial charge in [0.25, 0.3) is 0 Å². The molecule has 3 aromatic rings. The van der Waals surface area contributed by atoms with Crippen molar-refractivity contribution in [3.8, 4) is 11.5 Å². The van der Waals surface area contributed by atoms with Gasteiger partial charge in [-0.05, 0) is 54.4 Å². The molecule has 0 aliphatic heterocycles. The Morgan fingerprint density at radius 3 is 2.35 bits per heavy atom. The molecule has 0 fully saturated rings. The lowest BCUT2D eigenvalue weighted by atomic mass is 10.2. The molecule has 1 aromatic heterocycles. The minimum atomic E-state index is -4.53. The van der Waals surface area contributed by atoms with Crippen molar-refractivity contribution >= 4 is 26.1 Å². The van der Waals surface area contributed by atoms with E-state index in [0.717, 1.165) is 0 Å². The van der Waals surface area contributed by atoms with Gasteiger partial charge in [0.1, 0.15) is 21.3 Å². The van der Waals surface area contributed by atoms with Crippen molar-refractivity contribution in [2.24, 2.45) is 5.73 Å². The maximum Gasteiger partial charge on any atom is 0.340 e. The van der Waals surface area contributed by atoms with Crippen molar-refractivity contribution in [2.75, 3.05) is 13.2 Å². The number of hydroxylamine groups is 1. The number of nitrogens with zero attached hydrogens (tertiary/aromatic N) is 1. The summed E-state index contributed by atoms with van der Waals surface area (Å²) >= 11 is 0. The van der Waals surface area contributed by atoms with Crippen molar-refractivity contribution in [1.82, 2.24) is 15.2 Å². The fourth-order valence-electron chi connectivity index (χ4n) is 3.10. The highest BCUT2D eigenvalue weighted by Gasteiger charge is 2.28. The van der Waals surface area contributed by atoms with E-state index in [-0.39, 0.29) is 31.5 Å². The average molecular weight is 550 g/mol. The first-order valence-corrected chi connectivity index (χ1v) is 13.8. The molecule has 198 valence electrons. The van der Waals surface area contributed by atoms with Gasteiger partial charge < -0.3 is 14.7 Å². The summed E-state index contributed by atoms with van der Waals surface area (Å²) in [6.07, 6.45) is 3.51. The Balaban J connectivity index is 1.73. The van der Waals surface area contributed by atoms with Crippen molar-refractivity contribution in [3.05, 3.63) is 78.1 Å². The Bertz CT molecular complexity index is 1430. The number of hydrogen-bond acceptors (Lipinski definition) is 9. The standard InChI is InChI=1S/C23H27N5O7S2/c1-17-13-19(33-11-4-12-34-28-23(24)25)15-20(14-17)35-37(31,32)22-6-3-2-5-21(22)36(29,30)27-16-18-7-9-26-10-8-18/h2-3,5-10,13-15,27H,4,11-12,16H2,1H3,(H4,24,25,28). The Hall–Kier alpha value is -3.72. The monoisotopic (exact) mass is 549 g/mol. The Morgan fingerprint density at radius 1 is 0.973 bits per heavy atom. The molecule has 14 heteroatoms. The third-order valence-corrected chi connectivity index (χ3v) is 7.59. The number of guanidine groups is 1. The van der Waals surface area contributed by atoms with Gasteiger partial charge in [-0.1, -0.05) is 12.1 Å². The van der Waals surface area contributed by atoms with Crippen LogP contribution in [0, 0.1) is 12.3 Å². The fraction of sp³-hybridized carbons (Fsp3) is 0.217. The van der Waals surface area contributed by atoms with Gasteiger partial charge in [0.15, 0.2) is 0 Å². The molecule has 0 saturated heterocycles. The van der Waals surface area contributed by atoms with Crippen LogP contribution in [-0.4, -0.2) is 41.0 Å². The highest BCUT2D eigenvalue weighted by molar-refractivity contribution is 7.91. The molecule has 0 unspecified atom stereocenters. The van der Waals surface area contributed by atoms with E-state index < -0.39 is 29.9 Å². The van der Waals surface area contributed by atoms with Crippen molar-refractivity contribution < 1.29 is 30.6 Å². The number of rotatable bonds is 13. The van der Waals surface area contributed by atoms with E-state index in [2.05, 4.69) is 15.2 Å². The Morgan fingerprint density at radius 2 is 1.65 bits per heavy atom. The number of pyridine rings is 1. The van der Waals surface area contributed by atoms with Crippen molar-refractivity contribution in [3.63, 3.8) is 0 Å². The van der Waals surface area contributed by atoms with Gasteiger partial charge in [-0.15, -0.1) is 0 Å². The van der Waals surface area contributed by atoms with Crippen LogP contribution in [0.4, 0.5) is 0 Å². The van der Waals surface area contributed by atoms with Crippen LogP contribution < -0.4 is 24.9 Å². The summed E-state index contributed by atoms with van der Waals surface area (Å²) in [7, 11) is -8.73. The van der Waals surface area contributed by atoms with Gasteiger partial charge in [-0.2, -0.15) is 8.42 Å². The number of ether oxygens (including phenoxy) is 1. The molecular weight excluding hydrogens is 522 g/mol. The number of sulfonamides is 1. The van der Waals surface area contributed by atoms with E-state index in [9.17, 15) is 16.8 Å². The number of nitrogens with two attached hydrogens (primary N) is 1. The van der Waals surface area contributed by atoms with E-state index in [1.54, 1.807) is 25.1 Å². The second-order valence-electron chi connectivity index (χ2n) is 7.71. The molecule has 0 amide bonds. The zero-order chi connectivity index (χ0) is 26.9. The maximum absolute atomic E-state index is 13.1. The Kier molecular flexibility index (Phi) is 9.41. The molecule has 0 radical (unpaired) electrons. The minimum absolute atomic E-state index is 0.0403. The van der Waals surface area contributed by atoms with Crippen LogP contribution in [0.2, 0.25) is 0 Å². The quantitative estimate of drug-likeness (QED) is 0.0806. The molecule has 0 saturated carbocycles. The van der Waals surface area contributed by atoms with E-state index in [0.29, 0.717) is 23.3 Å². The molecule has 37 heavy (non-hydrogen) atoms. The third-order valence-electron chi connectivity index (χ3n) is 4.70. The molecule has 5 N–H and O–H groups in total. The average Bonchev–Trinajstić information content (AvgIpc) is 2.85. The van der Waals surface area contributed by atoms with Crippen LogP contribution in [0.15, 0.2) is 76.8 Å². The Labute approximate surface area is 215 Å². The molecule has 3 rings (SSSR count). The zero-order valence-corrected chi connectivity index (χ0v) is 21.5. The smallest absolute Gasteiger partial charge is 0.340 e. The molecule has 0 atom stereocenters. The first kappa shape index (κ1) is 27.9. The molecule has 0 aliphatic rings. The second-order valence-corrected chi connectivity index (χ2v) is 11.0. The predicted octanol–water partition coefficient (Wildman–Crippen LogP) is 1.82. The lowest BCUT2D eigenvalue weighted by Gasteiger charge is -2.14. The first-order chi connectivity index (χ1) is 17.6. The lowest BCUT2D eigenvalue weighted by Crippen LogP contribution is -2.30. The van der Waals surface area contributed by atoms with E-state index >= 15 is 0 Å².